The summed E-state index contributed by atoms with van der Waals surface area (Å²) in [6.07, 6.45) is -0.113. The summed E-state index contributed by atoms with van der Waals surface area (Å²) in [4.78, 5) is 0.283. The Morgan fingerprint density at radius 1 is 1.45 bits per heavy atom. The van der Waals surface area contributed by atoms with Crippen LogP contribution in [0.2, 0.25) is 0 Å². The van der Waals surface area contributed by atoms with Crippen molar-refractivity contribution >= 4 is 41.9 Å². The van der Waals surface area contributed by atoms with Gasteiger partial charge in [-0.3, -0.25) is 0 Å². The van der Waals surface area contributed by atoms with E-state index in [-0.39, 0.29) is 11.0 Å². The van der Waals surface area contributed by atoms with E-state index in [9.17, 15) is 8.42 Å². The molecule has 0 amide bonds. The molecule has 112 valence electrons. The van der Waals surface area contributed by atoms with E-state index in [0.717, 1.165) is 4.47 Å². The second-order valence-electron chi connectivity index (χ2n) is 4.49. The highest BCUT2D eigenvalue weighted by Crippen LogP contribution is 2.28. The van der Waals surface area contributed by atoms with Crippen molar-refractivity contribution in [3.05, 3.63) is 27.1 Å². The van der Waals surface area contributed by atoms with Gasteiger partial charge in [-0.25, -0.2) is 8.42 Å². The van der Waals surface area contributed by atoms with E-state index in [0.29, 0.717) is 30.7 Å². The van der Waals surface area contributed by atoms with Crippen molar-refractivity contribution in [2.75, 3.05) is 33.3 Å². The van der Waals surface area contributed by atoms with Gasteiger partial charge < -0.3 is 10.1 Å². The zero-order chi connectivity index (χ0) is 14.8. The molecular formula is C12H16Br2N2O3S. The van der Waals surface area contributed by atoms with Gasteiger partial charge in [0.15, 0.2) is 0 Å². The first-order chi connectivity index (χ1) is 9.45. The van der Waals surface area contributed by atoms with Gasteiger partial charge in [-0.05, 0) is 41.2 Å². The van der Waals surface area contributed by atoms with E-state index in [2.05, 4.69) is 37.2 Å². The molecule has 5 nitrogen and oxygen atoms in total. The number of halogens is 2. The number of ether oxygens (including phenoxy) is 1. The highest BCUT2D eigenvalue weighted by Gasteiger charge is 2.31. The van der Waals surface area contributed by atoms with Crippen LogP contribution in [0.4, 0.5) is 0 Å². The minimum Gasteiger partial charge on any atom is -0.374 e. The van der Waals surface area contributed by atoms with Crippen LogP contribution in [-0.2, 0) is 14.8 Å². The van der Waals surface area contributed by atoms with E-state index in [1.54, 1.807) is 18.2 Å². The van der Waals surface area contributed by atoms with Crippen molar-refractivity contribution in [1.82, 2.24) is 9.62 Å². The zero-order valence-corrected chi connectivity index (χ0v) is 15.0. The van der Waals surface area contributed by atoms with Gasteiger partial charge >= 0.3 is 0 Å². The van der Waals surface area contributed by atoms with Gasteiger partial charge in [-0.15, -0.1) is 0 Å². The summed E-state index contributed by atoms with van der Waals surface area (Å²) in [5, 5.41) is 3.01. The quantitative estimate of drug-likeness (QED) is 0.796. The van der Waals surface area contributed by atoms with Gasteiger partial charge in [-0.2, -0.15) is 4.31 Å². The van der Waals surface area contributed by atoms with Crippen LogP contribution in [0.25, 0.3) is 0 Å². The second kappa shape index (κ2) is 6.85. The fraction of sp³-hybridized carbons (Fsp3) is 0.500. The van der Waals surface area contributed by atoms with Crippen LogP contribution in [-0.4, -0.2) is 52.1 Å². The Labute approximate surface area is 136 Å². The average molecular weight is 428 g/mol. The third-order valence-electron chi connectivity index (χ3n) is 3.05. The zero-order valence-electron chi connectivity index (χ0n) is 11.0. The minimum atomic E-state index is -3.50. The highest BCUT2D eigenvalue weighted by molar-refractivity contribution is 9.11. The fourth-order valence-corrected chi connectivity index (χ4v) is 5.25. The first kappa shape index (κ1) is 16.4. The highest BCUT2D eigenvalue weighted by atomic mass is 79.9. The summed E-state index contributed by atoms with van der Waals surface area (Å²) in [5.41, 5.74) is 0. The molecule has 1 N–H and O–H groups in total. The Morgan fingerprint density at radius 2 is 2.20 bits per heavy atom. The first-order valence-corrected chi connectivity index (χ1v) is 9.19. The van der Waals surface area contributed by atoms with Crippen LogP contribution in [0.1, 0.15) is 0 Å². The lowest BCUT2D eigenvalue weighted by atomic mass is 10.3. The summed E-state index contributed by atoms with van der Waals surface area (Å²) in [7, 11) is -1.68. The van der Waals surface area contributed by atoms with E-state index >= 15 is 0 Å². The van der Waals surface area contributed by atoms with Crippen molar-refractivity contribution in [3.8, 4) is 0 Å². The molecule has 1 aliphatic rings. The molecule has 0 spiro atoms. The van der Waals surface area contributed by atoms with E-state index in [1.165, 1.54) is 4.31 Å². The standard InChI is InChI=1S/C12H16Br2N2O3S/c1-15-7-10-8-16(4-5-19-10)20(17,18)12-3-2-9(13)6-11(12)14/h2-3,6,10,15H,4-5,7-8H2,1H3. The molecule has 1 atom stereocenters. The van der Waals surface area contributed by atoms with E-state index < -0.39 is 10.0 Å². The van der Waals surface area contributed by atoms with Crippen molar-refractivity contribution in [3.63, 3.8) is 0 Å². The lowest BCUT2D eigenvalue weighted by Gasteiger charge is -2.32. The number of morpholine rings is 1. The van der Waals surface area contributed by atoms with Crippen LogP contribution < -0.4 is 5.32 Å². The topological polar surface area (TPSA) is 58.6 Å². The van der Waals surface area contributed by atoms with Crippen molar-refractivity contribution < 1.29 is 13.2 Å². The third kappa shape index (κ3) is 3.61. The smallest absolute Gasteiger partial charge is 0.244 e. The Bertz CT molecular complexity index is 578. The van der Waals surface area contributed by atoms with Gasteiger partial charge in [0, 0.05) is 28.6 Å². The van der Waals surface area contributed by atoms with Gasteiger partial charge in [-0.1, -0.05) is 15.9 Å². The monoisotopic (exact) mass is 426 g/mol. The van der Waals surface area contributed by atoms with Crippen LogP contribution in [0.5, 0.6) is 0 Å². The molecule has 0 radical (unpaired) electrons. The molecular weight excluding hydrogens is 412 g/mol. The molecule has 0 bridgehead atoms. The van der Waals surface area contributed by atoms with Crippen molar-refractivity contribution in [2.45, 2.75) is 11.0 Å². The van der Waals surface area contributed by atoms with Crippen LogP contribution >= 0.6 is 31.9 Å². The van der Waals surface area contributed by atoms with Crippen LogP contribution in [0.15, 0.2) is 32.0 Å². The minimum absolute atomic E-state index is 0.113. The SMILES string of the molecule is CNCC1CN(S(=O)(=O)c2ccc(Br)cc2Br)CCO1. The molecule has 1 fully saturated rings. The third-order valence-corrected chi connectivity index (χ3v) is 6.38. The Kier molecular flexibility index (Phi) is 5.61. The molecule has 0 aliphatic carbocycles. The Hall–Kier alpha value is 0.01000. The molecule has 1 saturated heterocycles. The second-order valence-corrected chi connectivity index (χ2v) is 8.16. The molecule has 1 aromatic rings. The summed E-state index contributed by atoms with van der Waals surface area (Å²) in [6, 6.07) is 5.06. The van der Waals surface area contributed by atoms with Gasteiger partial charge in [0.1, 0.15) is 0 Å². The van der Waals surface area contributed by atoms with Crippen LogP contribution in [0, 0.1) is 0 Å². The number of sulfonamides is 1. The van der Waals surface area contributed by atoms with Gasteiger partial charge in [0.05, 0.1) is 17.6 Å². The summed E-state index contributed by atoms with van der Waals surface area (Å²) in [6.45, 7) is 1.80. The van der Waals surface area contributed by atoms with Crippen molar-refractivity contribution in [1.29, 1.82) is 0 Å². The number of rotatable bonds is 4. The fourth-order valence-electron chi connectivity index (χ4n) is 2.09. The number of hydrogen-bond donors (Lipinski definition) is 1. The maximum absolute atomic E-state index is 12.7. The molecule has 1 aliphatic heterocycles. The maximum Gasteiger partial charge on any atom is 0.244 e. The molecule has 0 aromatic heterocycles. The molecule has 8 heteroatoms. The predicted octanol–water partition coefficient (Wildman–Crippen LogP) is 1.82. The molecule has 20 heavy (non-hydrogen) atoms. The number of benzene rings is 1. The summed E-state index contributed by atoms with van der Waals surface area (Å²) in [5.74, 6) is 0. The normalized spacial score (nSPS) is 21.1. The largest absolute Gasteiger partial charge is 0.374 e. The van der Waals surface area contributed by atoms with E-state index in [1.807, 2.05) is 7.05 Å². The molecule has 2 rings (SSSR count). The number of nitrogens with one attached hydrogen (secondary N) is 1. The van der Waals surface area contributed by atoms with Gasteiger partial charge in [0.25, 0.3) is 0 Å². The van der Waals surface area contributed by atoms with Gasteiger partial charge in [0.2, 0.25) is 10.0 Å². The lowest BCUT2D eigenvalue weighted by molar-refractivity contribution is 0.000813. The maximum atomic E-state index is 12.7. The van der Waals surface area contributed by atoms with Crippen molar-refractivity contribution in [2.24, 2.45) is 0 Å². The summed E-state index contributed by atoms with van der Waals surface area (Å²) >= 11 is 6.64. The predicted molar refractivity (Wildman–Crippen MR) is 84.3 cm³/mol. The number of likely N-dealkylation sites (N-methyl/N-ethyl adjacent to an activating group) is 1. The molecule has 1 aromatic carbocycles. The first-order valence-electron chi connectivity index (χ1n) is 6.16. The average Bonchev–Trinajstić information content (AvgIpc) is 2.39. The molecule has 0 saturated carbocycles. The Morgan fingerprint density at radius 3 is 2.85 bits per heavy atom. The summed E-state index contributed by atoms with van der Waals surface area (Å²) < 4.78 is 33.8. The lowest BCUT2D eigenvalue weighted by Crippen LogP contribution is -2.48. The molecule has 1 unspecified atom stereocenters. The van der Waals surface area contributed by atoms with E-state index in [4.69, 9.17) is 4.74 Å². The van der Waals surface area contributed by atoms with Crippen LogP contribution in [0.3, 0.4) is 0 Å². The number of nitrogens with zero attached hydrogens (tertiary/aromatic N) is 1. The number of hydrogen-bond acceptors (Lipinski definition) is 4. The molecule has 1 heterocycles. The Balaban J connectivity index is 2.25.